The summed E-state index contributed by atoms with van der Waals surface area (Å²) in [6, 6.07) is 17.2. The molecule has 0 atom stereocenters. The van der Waals surface area contributed by atoms with Crippen LogP contribution in [0.25, 0.3) is 5.69 Å². The van der Waals surface area contributed by atoms with E-state index < -0.39 is 5.91 Å². The Hall–Kier alpha value is -5.56. The van der Waals surface area contributed by atoms with E-state index in [1.54, 1.807) is 48.5 Å². The van der Waals surface area contributed by atoms with E-state index in [1.165, 1.54) is 0 Å². The third-order valence-corrected chi connectivity index (χ3v) is 10.1. The number of hydrogen-bond donors (Lipinski definition) is 5. The Labute approximate surface area is 368 Å². The summed E-state index contributed by atoms with van der Waals surface area (Å²) in [4.78, 5) is 37.6. The number of amides is 2. The highest BCUT2D eigenvalue weighted by atomic mass is 16.6. The molecule has 2 amide bonds. The monoisotopic (exact) mass is 870 g/mol. The van der Waals surface area contributed by atoms with E-state index in [1.807, 2.05) is 23.7 Å². The third kappa shape index (κ3) is 15.3. The molecule has 0 fully saturated rings. The van der Waals surface area contributed by atoms with E-state index in [0.29, 0.717) is 151 Å². The molecule has 1 aromatic heterocycles. The zero-order valence-corrected chi connectivity index (χ0v) is 36.7. The fourth-order valence-corrected chi connectivity index (χ4v) is 7.00. The summed E-state index contributed by atoms with van der Waals surface area (Å²) in [5.74, 6) is -0.577. The maximum absolute atomic E-state index is 12.9. The average molecular weight is 871 g/mol. The van der Waals surface area contributed by atoms with Gasteiger partial charge in [-0.1, -0.05) is 19.9 Å². The van der Waals surface area contributed by atoms with Crippen LogP contribution in [0.3, 0.4) is 0 Å². The number of benzene rings is 3. The molecule has 1 heterocycles. The summed E-state index contributed by atoms with van der Waals surface area (Å²) >= 11 is 0. The smallest absolute Gasteiger partial charge is 0.251 e. The summed E-state index contributed by atoms with van der Waals surface area (Å²) in [6.45, 7) is 12.1. The van der Waals surface area contributed by atoms with Crippen molar-refractivity contribution < 1.29 is 43.2 Å². The Morgan fingerprint density at radius 1 is 0.810 bits per heavy atom. The van der Waals surface area contributed by atoms with Crippen LogP contribution in [0.2, 0.25) is 0 Å². The first kappa shape index (κ1) is 48.5. The average Bonchev–Trinajstić information content (AvgIpc) is 3.58. The SMILES string of the molecule is Cc1nn(-c2ccc(C(N)=O)c(NCCCOCCOCCOCCOCCOCCCNC(=O)c3ccc(/N=N/c4ccc(CCN)cc4O)cc3)c2)c2c1C(=O)CC(C)(C)C2. The number of carbonyl (C=O) groups excluding carboxylic acids is 3. The van der Waals surface area contributed by atoms with Crippen molar-refractivity contribution in [2.75, 3.05) is 91.0 Å². The van der Waals surface area contributed by atoms with Gasteiger partial charge in [-0.15, -0.1) is 5.11 Å². The molecule has 4 aromatic rings. The number of carbonyl (C=O) groups is 3. The van der Waals surface area contributed by atoms with Crippen molar-refractivity contribution in [1.82, 2.24) is 15.1 Å². The number of nitrogens with zero attached hydrogens (tertiary/aromatic N) is 4. The summed E-state index contributed by atoms with van der Waals surface area (Å²) in [6.07, 6.45) is 3.24. The second-order valence-corrected chi connectivity index (χ2v) is 15.9. The number of anilines is 1. The quantitative estimate of drug-likeness (QED) is 0.0338. The molecule has 1 aliphatic rings. The molecule has 340 valence electrons. The normalized spacial score (nSPS) is 13.4. The fraction of sp³-hybridized carbons (Fsp3) is 0.478. The summed E-state index contributed by atoms with van der Waals surface area (Å²) < 4.78 is 29.8. The van der Waals surface area contributed by atoms with Gasteiger partial charge in [-0.25, -0.2) is 4.68 Å². The molecule has 1 aliphatic carbocycles. The molecule has 63 heavy (non-hydrogen) atoms. The van der Waals surface area contributed by atoms with Crippen LogP contribution in [0.5, 0.6) is 5.75 Å². The van der Waals surface area contributed by atoms with Gasteiger partial charge in [-0.05, 0) is 105 Å². The maximum Gasteiger partial charge on any atom is 0.251 e. The van der Waals surface area contributed by atoms with E-state index in [-0.39, 0.29) is 22.9 Å². The topological polar surface area (TPSA) is 236 Å². The van der Waals surface area contributed by atoms with Crippen LogP contribution in [-0.2, 0) is 36.5 Å². The standard InChI is InChI=1S/C46H62N8O9/c1-32-43-40(30-46(2,3)31-42(43)56)54(53-32)36-11-12-37(44(48)57)39(29-36)49-16-4-18-59-20-22-61-24-26-63-27-25-62-23-21-60-19-5-17-50-45(58)34-7-9-35(10-8-34)51-52-38-13-6-33(14-15-47)28-41(38)55/h6-13,28-29,49,55H,4-5,14-27,30-31,47H2,1-3H3,(H2,48,57)(H,50,58)/b52-51+. The molecule has 3 aromatic carbocycles. The molecule has 0 spiro atoms. The molecule has 0 unspecified atom stereocenters. The van der Waals surface area contributed by atoms with Crippen molar-refractivity contribution >= 4 is 34.7 Å². The zero-order chi connectivity index (χ0) is 45.0. The molecular weight excluding hydrogens is 809 g/mol. The molecule has 0 bridgehead atoms. The molecule has 0 saturated heterocycles. The number of nitrogens with one attached hydrogen (secondary N) is 2. The highest BCUT2D eigenvalue weighted by Gasteiger charge is 2.35. The van der Waals surface area contributed by atoms with Crippen molar-refractivity contribution in [2.24, 2.45) is 27.1 Å². The van der Waals surface area contributed by atoms with Crippen LogP contribution < -0.4 is 22.1 Å². The Kier molecular flexibility index (Phi) is 19.2. The van der Waals surface area contributed by atoms with Gasteiger partial charge in [-0.3, -0.25) is 14.4 Å². The molecule has 17 heteroatoms. The van der Waals surface area contributed by atoms with E-state index in [9.17, 15) is 19.5 Å². The van der Waals surface area contributed by atoms with E-state index in [0.717, 1.165) is 23.4 Å². The second kappa shape index (κ2) is 24.9. The van der Waals surface area contributed by atoms with Gasteiger partial charge in [0.15, 0.2) is 5.78 Å². The van der Waals surface area contributed by atoms with Gasteiger partial charge < -0.3 is 50.9 Å². The van der Waals surface area contributed by atoms with Crippen molar-refractivity contribution in [3.63, 3.8) is 0 Å². The number of fused-ring (bicyclic) bond motifs is 1. The number of aromatic nitrogens is 2. The highest BCUT2D eigenvalue weighted by molar-refractivity contribution is 6.00. The molecule has 0 aliphatic heterocycles. The number of ether oxygens (including phenoxy) is 5. The van der Waals surface area contributed by atoms with Crippen molar-refractivity contribution in [3.8, 4) is 11.4 Å². The van der Waals surface area contributed by atoms with Gasteiger partial charge in [0.05, 0.1) is 86.7 Å². The van der Waals surface area contributed by atoms with E-state index in [4.69, 9.17) is 40.3 Å². The van der Waals surface area contributed by atoms with E-state index in [2.05, 4.69) is 34.7 Å². The first-order chi connectivity index (χ1) is 30.5. The summed E-state index contributed by atoms with van der Waals surface area (Å²) in [7, 11) is 0. The number of phenols is 1. The van der Waals surface area contributed by atoms with Crippen LogP contribution in [0.15, 0.2) is 70.9 Å². The predicted octanol–water partition coefficient (Wildman–Crippen LogP) is 5.76. The first-order valence-electron chi connectivity index (χ1n) is 21.5. The Bertz CT molecular complexity index is 2140. The Morgan fingerprint density at radius 3 is 2.03 bits per heavy atom. The number of hydrogen-bond acceptors (Lipinski definition) is 14. The lowest BCUT2D eigenvalue weighted by Gasteiger charge is -2.29. The van der Waals surface area contributed by atoms with Gasteiger partial charge in [-0.2, -0.15) is 10.2 Å². The van der Waals surface area contributed by atoms with Gasteiger partial charge in [0.2, 0.25) is 0 Å². The summed E-state index contributed by atoms with van der Waals surface area (Å²) in [5.41, 5.74) is 17.5. The number of azo groups is 1. The van der Waals surface area contributed by atoms with Crippen molar-refractivity contribution in [3.05, 3.63) is 94.3 Å². The molecule has 7 N–H and O–H groups in total. The maximum atomic E-state index is 12.9. The van der Waals surface area contributed by atoms with Crippen LogP contribution in [-0.4, -0.2) is 118 Å². The molecule has 5 rings (SSSR count). The van der Waals surface area contributed by atoms with Crippen LogP contribution in [0.4, 0.5) is 17.1 Å². The van der Waals surface area contributed by atoms with Gasteiger partial charge in [0.1, 0.15) is 11.4 Å². The zero-order valence-electron chi connectivity index (χ0n) is 36.7. The number of aromatic hydroxyl groups is 1. The number of ketones is 1. The minimum Gasteiger partial charge on any atom is -0.506 e. The minimum atomic E-state index is -0.532. The number of aryl methyl sites for hydroxylation is 1. The molecule has 17 nitrogen and oxygen atoms in total. The van der Waals surface area contributed by atoms with Crippen LogP contribution >= 0.6 is 0 Å². The minimum absolute atomic E-state index is 0.0368. The second-order valence-electron chi connectivity index (χ2n) is 15.9. The first-order valence-corrected chi connectivity index (χ1v) is 21.5. The molecule has 0 saturated carbocycles. The lowest BCUT2D eigenvalue weighted by molar-refractivity contribution is -0.0111. The number of phenolic OH excluding ortho intramolecular Hbond substituents is 1. The number of Topliss-reactive ketones (excluding diaryl/α,β-unsaturated/α-hetero) is 1. The molecular formula is C46H62N8O9. The third-order valence-electron chi connectivity index (χ3n) is 10.1. The predicted molar refractivity (Wildman–Crippen MR) is 239 cm³/mol. The largest absolute Gasteiger partial charge is 0.506 e. The highest BCUT2D eigenvalue weighted by Crippen LogP contribution is 2.37. The van der Waals surface area contributed by atoms with Crippen molar-refractivity contribution in [2.45, 2.75) is 52.9 Å². The van der Waals surface area contributed by atoms with Crippen LogP contribution in [0.1, 0.15) is 81.1 Å². The number of primary amides is 1. The lowest BCUT2D eigenvalue weighted by atomic mass is 9.75. The van der Waals surface area contributed by atoms with E-state index >= 15 is 0 Å². The Balaban J connectivity index is 0.823. The van der Waals surface area contributed by atoms with Crippen LogP contribution in [0, 0.1) is 12.3 Å². The number of rotatable bonds is 28. The molecule has 0 radical (unpaired) electrons. The lowest BCUT2D eigenvalue weighted by Crippen LogP contribution is -2.28. The van der Waals surface area contributed by atoms with Crippen molar-refractivity contribution in [1.29, 1.82) is 0 Å². The summed E-state index contributed by atoms with van der Waals surface area (Å²) in [5, 5.41) is 29.3. The van der Waals surface area contributed by atoms with Gasteiger partial charge in [0.25, 0.3) is 11.8 Å². The van der Waals surface area contributed by atoms with Gasteiger partial charge in [0, 0.05) is 44.0 Å². The van der Waals surface area contributed by atoms with Gasteiger partial charge >= 0.3 is 0 Å². The fourth-order valence-electron chi connectivity index (χ4n) is 7.00. The number of nitrogens with two attached hydrogens (primary N) is 2. The Morgan fingerprint density at radius 2 is 1.43 bits per heavy atom.